The molecule has 4 heteroatoms. The molecule has 1 amide bonds. The summed E-state index contributed by atoms with van der Waals surface area (Å²) >= 11 is 1.57. The number of benzene rings is 1. The topological polar surface area (TPSA) is 33.5 Å². The fourth-order valence-electron chi connectivity index (χ4n) is 1.82. The Balaban J connectivity index is 1.87. The van der Waals surface area contributed by atoms with E-state index >= 15 is 0 Å². The van der Waals surface area contributed by atoms with Crippen molar-refractivity contribution in [3.8, 4) is 0 Å². The zero-order valence-corrected chi connectivity index (χ0v) is 11.7. The summed E-state index contributed by atoms with van der Waals surface area (Å²) in [6.07, 6.45) is 1.65. The van der Waals surface area contributed by atoms with Crippen LogP contribution in [0.15, 0.2) is 53.1 Å². The van der Waals surface area contributed by atoms with Crippen LogP contribution in [0.5, 0.6) is 0 Å². The molecule has 0 fully saturated rings. The molecule has 0 saturated carbocycles. The Kier molecular flexibility index (Phi) is 5.10. The largest absolute Gasteiger partial charge is 0.468 e. The molecule has 0 aliphatic rings. The van der Waals surface area contributed by atoms with Crippen molar-refractivity contribution in [2.24, 2.45) is 0 Å². The van der Waals surface area contributed by atoms with Gasteiger partial charge in [0.25, 0.3) is 0 Å². The van der Waals surface area contributed by atoms with Gasteiger partial charge in [0.2, 0.25) is 5.91 Å². The van der Waals surface area contributed by atoms with E-state index in [9.17, 15) is 4.79 Å². The third-order valence-corrected chi connectivity index (χ3v) is 3.67. The van der Waals surface area contributed by atoms with Crippen LogP contribution in [0.4, 0.5) is 5.69 Å². The first kappa shape index (κ1) is 13.7. The number of hydrogen-bond acceptors (Lipinski definition) is 3. The number of anilines is 1. The second-order valence-corrected chi connectivity index (χ2v) is 5.03. The van der Waals surface area contributed by atoms with Gasteiger partial charge in [-0.25, -0.2) is 0 Å². The quantitative estimate of drug-likeness (QED) is 0.808. The summed E-state index contributed by atoms with van der Waals surface area (Å²) in [6, 6.07) is 13.5. The minimum atomic E-state index is 0.130. The van der Waals surface area contributed by atoms with E-state index in [2.05, 4.69) is 0 Å². The average molecular weight is 275 g/mol. The first-order valence-electron chi connectivity index (χ1n) is 6.26. The normalized spacial score (nSPS) is 10.4. The first-order valence-corrected chi connectivity index (χ1v) is 7.42. The molecule has 1 aromatic heterocycles. The molecule has 3 nitrogen and oxygen atoms in total. The molecule has 0 saturated heterocycles. The third kappa shape index (κ3) is 3.89. The maximum Gasteiger partial charge on any atom is 0.236 e. The summed E-state index contributed by atoms with van der Waals surface area (Å²) in [7, 11) is 0. The Morgan fingerprint density at radius 1 is 1.21 bits per heavy atom. The third-order valence-electron chi connectivity index (χ3n) is 2.74. The van der Waals surface area contributed by atoms with Crippen molar-refractivity contribution >= 4 is 23.4 Å². The molecular formula is C15H17NO2S. The fraction of sp³-hybridized carbons (Fsp3) is 0.267. The molecule has 0 aliphatic heterocycles. The van der Waals surface area contributed by atoms with E-state index < -0.39 is 0 Å². The van der Waals surface area contributed by atoms with Crippen LogP contribution in [0.3, 0.4) is 0 Å². The van der Waals surface area contributed by atoms with Crippen LogP contribution in [0, 0.1) is 0 Å². The zero-order chi connectivity index (χ0) is 13.5. The minimum Gasteiger partial charge on any atom is -0.468 e. The molecule has 2 aromatic rings. The van der Waals surface area contributed by atoms with Crippen LogP contribution in [0.2, 0.25) is 0 Å². The van der Waals surface area contributed by atoms with Gasteiger partial charge in [-0.2, -0.15) is 0 Å². The molecule has 1 aromatic carbocycles. The van der Waals surface area contributed by atoms with Gasteiger partial charge in [0.1, 0.15) is 5.76 Å². The van der Waals surface area contributed by atoms with Crippen LogP contribution < -0.4 is 4.90 Å². The Labute approximate surface area is 117 Å². The van der Waals surface area contributed by atoms with Gasteiger partial charge in [-0.15, -0.1) is 11.8 Å². The molecule has 0 N–H and O–H groups in total. The van der Waals surface area contributed by atoms with E-state index in [-0.39, 0.29) is 5.91 Å². The maximum atomic E-state index is 12.2. The standard InChI is InChI=1S/C15H17NO2S/c1-2-16(13-7-4-3-5-8-13)15(17)12-19-11-14-9-6-10-18-14/h3-10H,2,11-12H2,1H3. The van der Waals surface area contributed by atoms with Crippen molar-refractivity contribution in [1.82, 2.24) is 0 Å². The average Bonchev–Trinajstić information content (AvgIpc) is 2.94. The monoisotopic (exact) mass is 275 g/mol. The number of thioether (sulfide) groups is 1. The molecule has 1 heterocycles. The van der Waals surface area contributed by atoms with Crippen LogP contribution in [-0.2, 0) is 10.5 Å². The van der Waals surface area contributed by atoms with E-state index in [1.807, 2.05) is 49.4 Å². The molecule has 0 spiro atoms. The Bertz CT molecular complexity index is 496. The van der Waals surface area contributed by atoms with Gasteiger partial charge in [-0.1, -0.05) is 18.2 Å². The Morgan fingerprint density at radius 3 is 2.63 bits per heavy atom. The maximum absolute atomic E-state index is 12.2. The molecule has 100 valence electrons. The lowest BCUT2D eigenvalue weighted by atomic mass is 10.3. The van der Waals surface area contributed by atoms with Crippen molar-refractivity contribution in [3.05, 3.63) is 54.5 Å². The summed E-state index contributed by atoms with van der Waals surface area (Å²) in [6.45, 7) is 2.67. The smallest absolute Gasteiger partial charge is 0.236 e. The highest BCUT2D eigenvalue weighted by atomic mass is 32.2. The van der Waals surface area contributed by atoms with E-state index in [1.54, 1.807) is 22.9 Å². The van der Waals surface area contributed by atoms with E-state index in [0.717, 1.165) is 17.2 Å². The minimum absolute atomic E-state index is 0.130. The predicted octanol–water partition coefficient (Wildman–Crippen LogP) is 3.57. The molecule has 0 radical (unpaired) electrons. The fourth-order valence-corrected chi connectivity index (χ4v) is 2.62. The lowest BCUT2D eigenvalue weighted by Gasteiger charge is -2.20. The lowest BCUT2D eigenvalue weighted by Crippen LogP contribution is -2.32. The molecule has 0 bridgehead atoms. The second-order valence-electron chi connectivity index (χ2n) is 4.05. The number of carbonyl (C=O) groups is 1. The SMILES string of the molecule is CCN(C(=O)CSCc1ccco1)c1ccccc1. The molecule has 0 unspecified atom stereocenters. The molecule has 2 rings (SSSR count). The van der Waals surface area contributed by atoms with Gasteiger partial charge in [0.05, 0.1) is 17.8 Å². The highest BCUT2D eigenvalue weighted by molar-refractivity contribution is 7.99. The van der Waals surface area contributed by atoms with Crippen LogP contribution in [0.1, 0.15) is 12.7 Å². The van der Waals surface area contributed by atoms with E-state index in [1.165, 1.54) is 0 Å². The molecular weight excluding hydrogens is 258 g/mol. The molecule has 0 aliphatic carbocycles. The lowest BCUT2D eigenvalue weighted by molar-refractivity contribution is -0.116. The van der Waals surface area contributed by atoms with Gasteiger partial charge in [-0.05, 0) is 31.2 Å². The van der Waals surface area contributed by atoms with E-state index in [0.29, 0.717) is 12.3 Å². The predicted molar refractivity (Wildman–Crippen MR) is 79.3 cm³/mol. The summed E-state index contributed by atoms with van der Waals surface area (Å²) in [5.41, 5.74) is 0.952. The van der Waals surface area contributed by atoms with Crippen LogP contribution in [-0.4, -0.2) is 18.2 Å². The van der Waals surface area contributed by atoms with Gasteiger partial charge >= 0.3 is 0 Å². The highest BCUT2D eigenvalue weighted by Crippen LogP contribution is 2.17. The Hall–Kier alpha value is -1.68. The first-order chi connectivity index (χ1) is 9.31. The zero-order valence-electron chi connectivity index (χ0n) is 10.9. The number of furan rings is 1. The summed E-state index contributed by atoms with van der Waals surface area (Å²) < 4.78 is 5.24. The van der Waals surface area contributed by atoms with Crippen molar-refractivity contribution in [1.29, 1.82) is 0 Å². The number of carbonyl (C=O) groups excluding carboxylic acids is 1. The number of para-hydroxylation sites is 1. The highest BCUT2D eigenvalue weighted by Gasteiger charge is 2.13. The number of amides is 1. The molecule has 0 atom stereocenters. The van der Waals surface area contributed by atoms with Crippen molar-refractivity contribution < 1.29 is 9.21 Å². The Morgan fingerprint density at radius 2 is 2.00 bits per heavy atom. The van der Waals surface area contributed by atoms with Gasteiger partial charge in [0.15, 0.2) is 0 Å². The number of nitrogens with zero attached hydrogens (tertiary/aromatic N) is 1. The van der Waals surface area contributed by atoms with Crippen molar-refractivity contribution in [2.75, 3.05) is 17.2 Å². The van der Waals surface area contributed by atoms with Gasteiger partial charge in [-0.3, -0.25) is 4.79 Å². The van der Waals surface area contributed by atoms with E-state index in [4.69, 9.17) is 4.42 Å². The summed E-state index contributed by atoms with van der Waals surface area (Å²) in [5, 5.41) is 0. The van der Waals surface area contributed by atoms with Crippen LogP contribution >= 0.6 is 11.8 Å². The van der Waals surface area contributed by atoms with Gasteiger partial charge < -0.3 is 9.32 Å². The second kappa shape index (κ2) is 7.04. The van der Waals surface area contributed by atoms with Crippen molar-refractivity contribution in [3.63, 3.8) is 0 Å². The van der Waals surface area contributed by atoms with Crippen LogP contribution in [0.25, 0.3) is 0 Å². The van der Waals surface area contributed by atoms with Crippen molar-refractivity contribution in [2.45, 2.75) is 12.7 Å². The number of hydrogen-bond donors (Lipinski definition) is 0. The number of rotatable bonds is 6. The summed E-state index contributed by atoms with van der Waals surface area (Å²) in [4.78, 5) is 14.0. The molecule has 19 heavy (non-hydrogen) atoms. The van der Waals surface area contributed by atoms with Gasteiger partial charge in [0, 0.05) is 12.2 Å². The summed E-state index contributed by atoms with van der Waals surface area (Å²) in [5.74, 6) is 2.22.